The van der Waals surface area contributed by atoms with Crippen LogP contribution >= 0.6 is 0 Å². The van der Waals surface area contributed by atoms with E-state index in [4.69, 9.17) is 14.2 Å². The van der Waals surface area contributed by atoms with E-state index >= 15 is 0 Å². The summed E-state index contributed by atoms with van der Waals surface area (Å²) in [5.41, 5.74) is 2.96. The highest BCUT2D eigenvalue weighted by molar-refractivity contribution is 5.77. The zero-order valence-electron chi connectivity index (χ0n) is 17.6. The fourth-order valence-corrected chi connectivity index (χ4v) is 3.43. The van der Waals surface area contributed by atoms with Crippen molar-refractivity contribution >= 4 is 5.91 Å². The van der Waals surface area contributed by atoms with E-state index in [0.29, 0.717) is 24.3 Å². The highest BCUT2D eigenvalue weighted by Gasteiger charge is 2.18. The van der Waals surface area contributed by atoms with E-state index in [2.05, 4.69) is 5.32 Å². The number of aryl methyl sites for hydroxylation is 1. The van der Waals surface area contributed by atoms with Crippen LogP contribution in [-0.4, -0.2) is 27.2 Å². The van der Waals surface area contributed by atoms with Crippen molar-refractivity contribution in [2.75, 3.05) is 21.3 Å². The molecule has 0 saturated carbocycles. The van der Waals surface area contributed by atoms with Crippen molar-refractivity contribution in [1.82, 2.24) is 5.32 Å². The van der Waals surface area contributed by atoms with Gasteiger partial charge in [0, 0.05) is 6.42 Å². The molecule has 3 aromatic rings. The lowest BCUT2D eigenvalue weighted by Crippen LogP contribution is -2.29. The number of carbonyl (C=O) groups excluding carboxylic acids is 1. The molecule has 0 heterocycles. The molecule has 5 nitrogen and oxygen atoms in total. The van der Waals surface area contributed by atoms with Crippen molar-refractivity contribution in [2.45, 2.75) is 18.9 Å². The molecule has 0 fully saturated rings. The molecule has 0 aliphatic carbocycles. The number of para-hydroxylation sites is 1. The van der Waals surface area contributed by atoms with Crippen molar-refractivity contribution in [3.8, 4) is 17.2 Å². The van der Waals surface area contributed by atoms with E-state index in [1.807, 2.05) is 72.8 Å². The number of nitrogens with one attached hydrogen (secondary N) is 1. The molecule has 156 valence electrons. The number of hydrogen-bond acceptors (Lipinski definition) is 4. The van der Waals surface area contributed by atoms with Crippen molar-refractivity contribution < 1.29 is 19.0 Å². The van der Waals surface area contributed by atoms with Crippen LogP contribution in [0.5, 0.6) is 17.2 Å². The SMILES string of the molecule is COc1ccc(C(NC(=O)CCc2cccc(OC)c2OC)c2ccccc2)cc1. The minimum atomic E-state index is -0.239. The Kier molecular flexibility index (Phi) is 7.33. The summed E-state index contributed by atoms with van der Waals surface area (Å²) >= 11 is 0. The number of carbonyl (C=O) groups is 1. The average molecular weight is 405 g/mol. The standard InChI is InChI=1S/C25H27NO4/c1-28-21-15-12-19(13-16-21)24(18-8-5-4-6-9-18)26-23(27)17-14-20-10-7-11-22(29-2)25(20)30-3/h4-13,15-16,24H,14,17H2,1-3H3,(H,26,27). The summed E-state index contributed by atoms with van der Waals surface area (Å²) in [6.07, 6.45) is 0.888. The normalized spacial score (nSPS) is 11.4. The van der Waals surface area contributed by atoms with Gasteiger partial charge in [-0.3, -0.25) is 4.79 Å². The lowest BCUT2D eigenvalue weighted by molar-refractivity contribution is -0.121. The van der Waals surface area contributed by atoms with E-state index in [-0.39, 0.29) is 11.9 Å². The van der Waals surface area contributed by atoms with E-state index in [9.17, 15) is 4.79 Å². The fourth-order valence-electron chi connectivity index (χ4n) is 3.43. The zero-order valence-corrected chi connectivity index (χ0v) is 17.6. The van der Waals surface area contributed by atoms with Crippen molar-refractivity contribution in [3.63, 3.8) is 0 Å². The fraction of sp³-hybridized carbons (Fsp3) is 0.240. The van der Waals surface area contributed by atoms with E-state index in [1.54, 1.807) is 21.3 Å². The van der Waals surface area contributed by atoms with E-state index in [1.165, 1.54) is 0 Å². The summed E-state index contributed by atoms with van der Waals surface area (Å²) in [6, 6.07) is 23.1. The van der Waals surface area contributed by atoms with Gasteiger partial charge in [0.15, 0.2) is 11.5 Å². The predicted molar refractivity (Wildman–Crippen MR) is 117 cm³/mol. The molecule has 0 spiro atoms. The highest BCUT2D eigenvalue weighted by atomic mass is 16.5. The van der Waals surface area contributed by atoms with Crippen LogP contribution in [-0.2, 0) is 11.2 Å². The number of ether oxygens (including phenoxy) is 3. The highest BCUT2D eigenvalue weighted by Crippen LogP contribution is 2.31. The molecule has 5 heteroatoms. The summed E-state index contributed by atoms with van der Waals surface area (Å²) in [6.45, 7) is 0. The lowest BCUT2D eigenvalue weighted by Gasteiger charge is -2.20. The first-order valence-electron chi connectivity index (χ1n) is 9.84. The number of hydrogen-bond donors (Lipinski definition) is 1. The molecule has 0 aromatic heterocycles. The molecule has 1 atom stereocenters. The van der Waals surface area contributed by atoms with Gasteiger partial charge in [-0.2, -0.15) is 0 Å². The minimum Gasteiger partial charge on any atom is -0.497 e. The second-order valence-corrected chi connectivity index (χ2v) is 6.84. The van der Waals surface area contributed by atoms with Crippen LogP contribution in [0.15, 0.2) is 72.8 Å². The van der Waals surface area contributed by atoms with Crippen LogP contribution in [0, 0.1) is 0 Å². The van der Waals surface area contributed by atoms with Crippen LogP contribution in [0.4, 0.5) is 0 Å². The number of rotatable bonds is 9. The van der Waals surface area contributed by atoms with Gasteiger partial charge in [0.05, 0.1) is 27.4 Å². The molecule has 0 saturated heterocycles. The maximum Gasteiger partial charge on any atom is 0.221 e. The van der Waals surface area contributed by atoms with Crippen molar-refractivity contribution in [2.24, 2.45) is 0 Å². The van der Waals surface area contributed by atoms with Gasteiger partial charge in [-0.05, 0) is 41.3 Å². The molecule has 3 aromatic carbocycles. The van der Waals surface area contributed by atoms with Crippen LogP contribution in [0.1, 0.15) is 29.2 Å². The minimum absolute atomic E-state index is 0.0375. The van der Waals surface area contributed by atoms with Gasteiger partial charge < -0.3 is 19.5 Å². The van der Waals surface area contributed by atoms with Gasteiger partial charge in [0.2, 0.25) is 5.91 Å². The molecule has 0 radical (unpaired) electrons. The average Bonchev–Trinajstić information content (AvgIpc) is 2.81. The van der Waals surface area contributed by atoms with Gasteiger partial charge >= 0.3 is 0 Å². The first-order valence-corrected chi connectivity index (χ1v) is 9.84. The Labute approximate surface area is 177 Å². The largest absolute Gasteiger partial charge is 0.497 e. The Bertz CT molecular complexity index is 955. The van der Waals surface area contributed by atoms with E-state index in [0.717, 1.165) is 22.4 Å². The van der Waals surface area contributed by atoms with Gasteiger partial charge in [0.1, 0.15) is 5.75 Å². The molecule has 1 amide bonds. The molecule has 30 heavy (non-hydrogen) atoms. The maximum absolute atomic E-state index is 12.8. The van der Waals surface area contributed by atoms with Gasteiger partial charge in [-0.15, -0.1) is 0 Å². The zero-order chi connectivity index (χ0) is 21.3. The Morgan fingerprint density at radius 1 is 0.800 bits per heavy atom. The summed E-state index contributed by atoms with van der Waals surface area (Å²) in [5.74, 6) is 2.07. The molecule has 1 N–H and O–H groups in total. The van der Waals surface area contributed by atoms with Crippen LogP contribution in [0.2, 0.25) is 0 Å². The van der Waals surface area contributed by atoms with Crippen LogP contribution in [0.25, 0.3) is 0 Å². The maximum atomic E-state index is 12.8. The Balaban J connectivity index is 1.75. The van der Waals surface area contributed by atoms with Crippen LogP contribution in [0.3, 0.4) is 0 Å². The number of benzene rings is 3. The Hall–Kier alpha value is -3.47. The molecular formula is C25H27NO4. The van der Waals surface area contributed by atoms with Gasteiger partial charge in [-0.1, -0.05) is 54.6 Å². The smallest absolute Gasteiger partial charge is 0.221 e. The second-order valence-electron chi connectivity index (χ2n) is 6.84. The molecule has 0 bridgehead atoms. The molecule has 3 rings (SSSR count). The molecule has 0 aliphatic heterocycles. The Morgan fingerprint density at radius 3 is 2.13 bits per heavy atom. The van der Waals surface area contributed by atoms with Crippen LogP contribution < -0.4 is 19.5 Å². The van der Waals surface area contributed by atoms with Gasteiger partial charge in [-0.25, -0.2) is 0 Å². The summed E-state index contributed by atoms with van der Waals surface area (Å²) in [7, 11) is 4.85. The lowest BCUT2D eigenvalue weighted by atomic mass is 9.98. The number of amides is 1. The van der Waals surface area contributed by atoms with Gasteiger partial charge in [0.25, 0.3) is 0 Å². The Morgan fingerprint density at radius 2 is 1.50 bits per heavy atom. The monoisotopic (exact) mass is 405 g/mol. The predicted octanol–water partition coefficient (Wildman–Crippen LogP) is 4.55. The summed E-state index contributed by atoms with van der Waals surface area (Å²) in [5, 5.41) is 3.17. The quantitative estimate of drug-likeness (QED) is 0.567. The molecule has 0 aliphatic rings. The third-order valence-electron chi connectivity index (χ3n) is 4.99. The third-order valence-corrected chi connectivity index (χ3v) is 4.99. The summed E-state index contributed by atoms with van der Waals surface area (Å²) in [4.78, 5) is 12.8. The molecular weight excluding hydrogens is 378 g/mol. The van der Waals surface area contributed by atoms with Crippen molar-refractivity contribution in [1.29, 1.82) is 0 Å². The van der Waals surface area contributed by atoms with E-state index < -0.39 is 0 Å². The topological polar surface area (TPSA) is 56.8 Å². The molecule has 1 unspecified atom stereocenters. The third kappa shape index (κ3) is 5.11. The first kappa shape index (κ1) is 21.2. The second kappa shape index (κ2) is 10.3. The number of methoxy groups -OCH3 is 3. The first-order chi connectivity index (χ1) is 14.7. The van der Waals surface area contributed by atoms with Crippen molar-refractivity contribution in [3.05, 3.63) is 89.5 Å². The summed E-state index contributed by atoms with van der Waals surface area (Å²) < 4.78 is 16.1.